The van der Waals surface area contributed by atoms with Crippen molar-refractivity contribution in [1.82, 2.24) is 10.3 Å². The van der Waals surface area contributed by atoms with Gasteiger partial charge >= 0.3 is 0 Å². The first-order chi connectivity index (χ1) is 10.6. The molecule has 1 aromatic heterocycles. The van der Waals surface area contributed by atoms with Crippen molar-refractivity contribution in [1.29, 1.82) is 0 Å². The molecule has 0 saturated carbocycles. The first-order valence-corrected chi connectivity index (χ1v) is 9.23. The van der Waals surface area contributed by atoms with Crippen LogP contribution in [0.3, 0.4) is 0 Å². The number of benzene rings is 1. The van der Waals surface area contributed by atoms with Crippen LogP contribution in [0.2, 0.25) is 0 Å². The summed E-state index contributed by atoms with van der Waals surface area (Å²) in [7, 11) is 0. The van der Waals surface area contributed by atoms with E-state index in [9.17, 15) is 9.90 Å². The van der Waals surface area contributed by atoms with Gasteiger partial charge in [-0.05, 0) is 42.6 Å². The van der Waals surface area contributed by atoms with Crippen LogP contribution in [-0.4, -0.2) is 39.6 Å². The van der Waals surface area contributed by atoms with Gasteiger partial charge < -0.3 is 10.4 Å². The molecule has 6 heteroatoms. The SMILES string of the molecule is O=C(/C=C/c1nc2ccccc2s1)NCC1(O)CCSCC1. The molecule has 0 aliphatic carbocycles. The predicted molar refractivity (Wildman–Crippen MR) is 93.2 cm³/mol. The Kier molecular flexibility index (Phi) is 4.81. The molecule has 0 radical (unpaired) electrons. The van der Waals surface area contributed by atoms with Crippen LogP contribution in [0, 0.1) is 0 Å². The van der Waals surface area contributed by atoms with E-state index in [1.54, 1.807) is 17.4 Å². The highest BCUT2D eigenvalue weighted by Gasteiger charge is 2.29. The maximum absolute atomic E-state index is 11.9. The second-order valence-corrected chi connectivity index (χ2v) is 7.69. The molecule has 2 N–H and O–H groups in total. The average Bonchev–Trinajstić information content (AvgIpc) is 2.95. The summed E-state index contributed by atoms with van der Waals surface area (Å²) in [6.07, 6.45) is 4.68. The molecule has 3 rings (SSSR count). The Labute approximate surface area is 137 Å². The maximum atomic E-state index is 11.9. The van der Waals surface area contributed by atoms with E-state index >= 15 is 0 Å². The van der Waals surface area contributed by atoms with Gasteiger partial charge in [0.15, 0.2) is 0 Å². The van der Waals surface area contributed by atoms with Gasteiger partial charge in [0.05, 0.1) is 15.8 Å². The number of rotatable bonds is 4. The number of aromatic nitrogens is 1. The Morgan fingerprint density at radius 2 is 2.14 bits per heavy atom. The molecule has 22 heavy (non-hydrogen) atoms. The molecule has 1 saturated heterocycles. The van der Waals surface area contributed by atoms with Crippen LogP contribution in [0.1, 0.15) is 17.8 Å². The third kappa shape index (κ3) is 3.88. The number of amides is 1. The molecule has 0 spiro atoms. The Morgan fingerprint density at radius 1 is 1.36 bits per heavy atom. The van der Waals surface area contributed by atoms with Gasteiger partial charge in [0.25, 0.3) is 0 Å². The molecular weight excluding hydrogens is 316 g/mol. The number of carbonyl (C=O) groups excluding carboxylic acids is 1. The van der Waals surface area contributed by atoms with Crippen LogP contribution < -0.4 is 5.32 Å². The molecule has 1 aliphatic rings. The van der Waals surface area contributed by atoms with E-state index in [1.165, 1.54) is 6.08 Å². The predicted octanol–water partition coefficient (Wildman–Crippen LogP) is 2.68. The molecule has 1 fully saturated rings. The molecule has 0 atom stereocenters. The van der Waals surface area contributed by atoms with E-state index in [-0.39, 0.29) is 5.91 Å². The van der Waals surface area contributed by atoms with Crippen molar-refractivity contribution in [3.63, 3.8) is 0 Å². The number of aliphatic hydroxyl groups is 1. The molecule has 2 aromatic rings. The minimum Gasteiger partial charge on any atom is -0.388 e. The number of nitrogens with zero attached hydrogens (tertiary/aromatic N) is 1. The monoisotopic (exact) mass is 334 g/mol. The molecule has 2 heterocycles. The minimum atomic E-state index is -0.745. The zero-order valence-electron chi connectivity index (χ0n) is 12.1. The van der Waals surface area contributed by atoms with Crippen molar-refractivity contribution in [3.8, 4) is 0 Å². The topological polar surface area (TPSA) is 62.2 Å². The highest BCUT2D eigenvalue weighted by Crippen LogP contribution is 2.26. The van der Waals surface area contributed by atoms with Gasteiger partial charge in [0, 0.05) is 12.6 Å². The molecule has 1 aromatic carbocycles. The van der Waals surface area contributed by atoms with E-state index in [1.807, 2.05) is 36.0 Å². The number of thiazole rings is 1. The number of fused-ring (bicyclic) bond motifs is 1. The zero-order valence-corrected chi connectivity index (χ0v) is 13.8. The molecule has 4 nitrogen and oxygen atoms in total. The Bertz CT molecular complexity index is 657. The largest absolute Gasteiger partial charge is 0.388 e. The van der Waals surface area contributed by atoms with Crippen molar-refractivity contribution < 1.29 is 9.90 Å². The normalized spacial score (nSPS) is 17.9. The third-order valence-corrected chi connectivity index (χ3v) is 5.69. The lowest BCUT2D eigenvalue weighted by atomic mass is 9.97. The third-order valence-electron chi connectivity index (χ3n) is 3.70. The fraction of sp³-hybridized carbons (Fsp3) is 0.375. The Hall–Kier alpha value is -1.37. The molecular formula is C16H18N2O2S2. The van der Waals surface area contributed by atoms with Gasteiger partial charge in [-0.25, -0.2) is 4.98 Å². The van der Waals surface area contributed by atoms with Crippen LogP contribution in [0.5, 0.6) is 0 Å². The first kappa shape index (κ1) is 15.5. The van der Waals surface area contributed by atoms with E-state index in [0.717, 1.165) is 39.6 Å². The van der Waals surface area contributed by atoms with Crippen molar-refractivity contribution in [2.45, 2.75) is 18.4 Å². The number of hydrogen-bond donors (Lipinski definition) is 2. The highest BCUT2D eigenvalue weighted by atomic mass is 32.2. The lowest BCUT2D eigenvalue weighted by Gasteiger charge is -2.31. The van der Waals surface area contributed by atoms with Gasteiger partial charge in [-0.3, -0.25) is 4.79 Å². The second-order valence-electron chi connectivity index (χ2n) is 5.41. The molecule has 0 bridgehead atoms. The van der Waals surface area contributed by atoms with Crippen LogP contribution >= 0.6 is 23.1 Å². The van der Waals surface area contributed by atoms with Crippen molar-refractivity contribution >= 4 is 45.3 Å². The fourth-order valence-corrected chi connectivity index (χ4v) is 4.47. The van der Waals surface area contributed by atoms with Crippen molar-refractivity contribution in [2.24, 2.45) is 0 Å². The summed E-state index contributed by atoms with van der Waals surface area (Å²) in [5.41, 5.74) is 0.200. The van der Waals surface area contributed by atoms with Crippen LogP contribution in [0.15, 0.2) is 30.3 Å². The van der Waals surface area contributed by atoms with E-state index < -0.39 is 5.60 Å². The number of thioether (sulfide) groups is 1. The van der Waals surface area contributed by atoms with E-state index in [4.69, 9.17) is 0 Å². The number of nitrogens with one attached hydrogen (secondary N) is 1. The zero-order chi connectivity index (χ0) is 15.4. The summed E-state index contributed by atoms with van der Waals surface area (Å²) in [5.74, 6) is 1.72. The lowest BCUT2D eigenvalue weighted by Crippen LogP contribution is -2.44. The molecule has 1 aliphatic heterocycles. The number of hydrogen-bond acceptors (Lipinski definition) is 5. The van der Waals surface area contributed by atoms with Gasteiger partial charge in [-0.15, -0.1) is 11.3 Å². The van der Waals surface area contributed by atoms with Crippen LogP contribution in [0.25, 0.3) is 16.3 Å². The van der Waals surface area contributed by atoms with Gasteiger partial charge in [0.2, 0.25) is 5.91 Å². The Morgan fingerprint density at radius 3 is 2.91 bits per heavy atom. The van der Waals surface area contributed by atoms with E-state index in [2.05, 4.69) is 10.3 Å². The Balaban J connectivity index is 1.56. The maximum Gasteiger partial charge on any atom is 0.244 e. The quantitative estimate of drug-likeness (QED) is 0.844. The lowest BCUT2D eigenvalue weighted by molar-refractivity contribution is -0.117. The summed E-state index contributed by atoms with van der Waals surface area (Å²) >= 11 is 3.40. The van der Waals surface area contributed by atoms with Crippen molar-refractivity contribution in [2.75, 3.05) is 18.1 Å². The summed E-state index contributed by atoms with van der Waals surface area (Å²) in [6.45, 7) is 0.316. The van der Waals surface area contributed by atoms with Crippen molar-refractivity contribution in [3.05, 3.63) is 35.3 Å². The standard InChI is InChI=1S/C16H18N2O2S2/c19-14(17-11-16(20)7-9-21-10-8-16)5-6-15-18-12-3-1-2-4-13(12)22-15/h1-6,20H,7-11H2,(H,17,19)/b6-5+. The molecule has 0 unspecified atom stereocenters. The van der Waals surface area contributed by atoms with Crippen LogP contribution in [-0.2, 0) is 4.79 Å². The first-order valence-electron chi connectivity index (χ1n) is 7.26. The average molecular weight is 334 g/mol. The summed E-state index contributed by atoms with van der Waals surface area (Å²) < 4.78 is 1.11. The summed E-state index contributed by atoms with van der Waals surface area (Å²) in [5, 5.41) is 13.9. The minimum absolute atomic E-state index is 0.189. The van der Waals surface area contributed by atoms with Gasteiger partial charge in [-0.1, -0.05) is 12.1 Å². The number of para-hydroxylation sites is 1. The number of carbonyl (C=O) groups is 1. The molecule has 116 valence electrons. The van der Waals surface area contributed by atoms with E-state index in [0.29, 0.717) is 6.54 Å². The fourth-order valence-electron chi connectivity index (χ4n) is 2.35. The van der Waals surface area contributed by atoms with Gasteiger partial charge in [0.1, 0.15) is 5.01 Å². The molecule has 1 amide bonds. The van der Waals surface area contributed by atoms with Crippen LogP contribution in [0.4, 0.5) is 0 Å². The summed E-state index contributed by atoms with van der Waals surface area (Å²) in [6, 6.07) is 7.90. The highest BCUT2D eigenvalue weighted by molar-refractivity contribution is 7.99. The second kappa shape index (κ2) is 6.81. The smallest absolute Gasteiger partial charge is 0.244 e. The van der Waals surface area contributed by atoms with Gasteiger partial charge in [-0.2, -0.15) is 11.8 Å². The summed E-state index contributed by atoms with van der Waals surface area (Å²) in [4.78, 5) is 16.3.